The van der Waals surface area contributed by atoms with Crippen molar-refractivity contribution in [1.29, 1.82) is 0 Å². The average Bonchev–Trinajstić information content (AvgIpc) is 2.95. The van der Waals surface area contributed by atoms with E-state index in [0.29, 0.717) is 17.3 Å². The Hall–Kier alpha value is -1.60. The first-order chi connectivity index (χ1) is 10.7. The second kappa shape index (κ2) is 6.88. The van der Waals surface area contributed by atoms with Crippen LogP contribution in [0.4, 0.5) is 0 Å². The highest BCUT2D eigenvalue weighted by molar-refractivity contribution is 7.99. The van der Waals surface area contributed by atoms with Crippen LogP contribution in [0.2, 0.25) is 0 Å². The van der Waals surface area contributed by atoms with Gasteiger partial charge in [-0.05, 0) is 38.5 Å². The number of rotatable bonds is 4. The SMILES string of the molecule is COc1cc(C2N[C@H](C(=O)OC(C)(C)C)CS2)cc(OC)c1O. The lowest BCUT2D eigenvalue weighted by Crippen LogP contribution is -2.39. The number of benzene rings is 1. The van der Waals surface area contributed by atoms with Gasteiger partial charge >= 0.3 is 5.97 Å². The van der Waals surface area contributed by atoms with Crippen LogP contribution in [-0.4, -0.2) is 42.7 Å². The predicted molar refractivity (Wildman–Crippen MR) is 89.2 cm³/mol. The lowest BCUT2D eigenvalue weighted by molar-refractivity contribution is -0.156. The molecule has 0 aliphatic carbocycles. The third-order valence-corrected chi connectivity index (χ3v) is 4.55. The van der Waals surface area contributed by atoms with Gasteiger partial charge in [0.1, 0.15) is 11.6 Å². The minimum Gasteiger partial charge on any atom is -0.502 e. The first-order valence-electron chi connectivity index (χ1n) is 7.30. The molecule has 0 spiro atoms. The van der Waals surface area contributed by atoms with Crippen LogP contribution >= 0.6 is 11.8 Å². The molecule has 1 unspecified atom stereocenters. The van der Waals surface area contributed by atoms with Gasteiger partial charge in [-0.3, -0.25) is 10.1 Å². The molecule has 1 aliphatic rings. The van der Waals surface area contributed by atoms with Crippen molar-refractivity contribution >= 4 is 17.7 Å². The van der Waals surface area contributed by atoms with E-state index in [-0.39, 0.29) is 23.1 Å². The van der Waals surface area contributed by atoms with E-state index in [1.54, 1.807) is 23.9 Å². The van der Waals surface area contributed by atoms with Crippen molar-refractivity contribution in [2.75, 3.05) is 20.0 Å². The summed E-state index contributed by atoms with van der Waals surface area (Å²) >= 11 is 1.60. The molecule has 128 valence electrons. The lowest BCUT2D eigenvalue weighted by Gasteiger charge is -2.22. The highest BCUT2D eigenvalue weighted by Gasteiger charge is 2.34. The van der Waals surface area contributed by atoms with Gasteiger partial charge in [-0.2, -0.15) is 0 Å². The molecule has 2 N–H and O–H groups in total. The third kappa shape index (κ3) is 4.23. The summed E-state index contributed by atoms with van der Waals surface area (Å²) in [7, 11) is 2.97. The highest BCUT2D eigenvalue weighted by atomic mass is 32.2. The number of nitrogens with one attached hydrogen (secondary N) is 1. The molecule has 1 saturated heterocycles. The number of aromatic hydroxyl groups is 1. The van der Waals surface area contributed by atoms with E-state index in [9.17, 15) is 9.90 Å². The lowest BCUT2D eigenvalue weighted by atomic mass is 10.1. The van der Waals surface area contributed by atoms with Crippen molar-refractivity contribution in [3.05, 3.63) is 17.7 Å². The quantitative estimate of drug-likeness (QED) is 0.815. The van der Waals surface area contributed by atoms with E-state index in [4.69, 9.17) is 14.2 Å². The minimum absolute atomic E-state index is 0.0366. The number of carbonyl (C=O) groups excluding carboxylic acids is 1. The number of ether oxygens (including phenoxy) is 3. The summed E-state index contributed by atoms with van der Waals surface area (Å²) in [5.74, 6) is 0.992. The first kappa shape index (κ1) is 17.7. The third-order valence-electron chi connectivity index (χ3n) is 3.28. The van der Waals surface area contributed by atoms with Gasteiger partial charge in [0.2, 0.25) is 5.75 Å². The molecular weight excluding hydrogens is 318 g/mol. The van der Waals surface area contributed by atoms with Gasteiger partial charge in [-0.1, -0.05) is 0 Å². The normalized spacial score (nSPS) is 21.1. The van der Waals surface area contributed by atoms with Crippen LogP contribution in [0.15, 0.2) is 12.1 Å². The monoisotopic (exact) mass is 341 g/mol. The molecule has 1 heterocycles. The van der Waals surface area contributed by atoms with Crippen LogP contribution < -0.4 is 14.8 Å². The molecule has 1 aromatic carbocycles. The summed E-state index contributed by atoms with van der Waals surface area (Å²) in [6.07, 6.45) is 0. The van der Waals surface area contributed by atoms with E-state index in [1.807, 2.05) is 20.8 Å². The topological polar surface area (TPSA) is 77.0 Å². The van der Waals surface area contributed by atoms with Crippen LogP contribution in [0.25, 0.3) is 0 Å². The van der Waals surface area contributed by atoms with Crippen molar-refractivity contribution in [2.24, 2.45) is 0 Å². The van der Waals surface area contributed by atoms with E-state index in [1.165, 1.54) is 14.2 Å². The summed E-state index contributed by atoms with van der Waals surface area (Å²) in [6.45, 7) is 5.54. The summed E-state index contributed by atoms with van der Waals surface area (Å²) in [6, 6.07) is 3.11. The largest absolute Gasteiger partial charge is 0.502 e. The van der Waals surface area contributed by atoms with Crippen molar-refractivity contribution in [3.8, 4) is 17.2 Å². The van der Waals surface area contributed by atoms with Gasteiger partial charge in [0.15, 0.2) is 11.5 Å². The van der Waals surface area contributed by atoms with Gasteiger partial charge < -0.3 is 19.3 Å². The molecule has 1 fully saturated rings. The molecule has 0 saturated carbocycles. The van der Waals surface area contributed by atoms with E-state index in [0.717, 1.165) is 5.56 Å². The van der Waals surface area contributed by atoms with Gasteiger partial charge in [0, 0.05) is 5.75 Å². The molecular formula is C16H23NO5S. The second-order valence-corrected chi connectivity index (χ2v) is 7.38. The number of hydrogen-bond donors (Lipinski definition) is 2. The Morgan fingerprint density at radius 3 is 2.30 bits per heavy atom. The zero-order chi connectivity index (χ0) is 17.2. The van der Waals surface area contributed by atoms with Crippen molar-refractivity contribution in [3.63, 3.8) is 0 Å². The fourth-order valence-corrected chi connectivity index (χ4v) is 3.44. The number of carbonyl (C=O) groups is 1. The van der Waals surface area contributed by atoms with Crippen LogP contribution in [0.5, 0.6) is 17.2 Å². The molecule has 2 atom stereocenters. The predicted octanol–water partition coefficient (Wildman–Crippen LogP) is 2.45. The summed E-state index contributed by atoms with van der Waals surface area (Å²) in [4.78, 5) is 12.2. The molecule has 23 heavy (non-hydrogen) atoms. The number of hydrogen-bond acceptors (Lipinski definition) is 7. The first-order valence-corrected chi connectivity index (χ1v) is 8.35. The van der Waals surface area contributed by atoms with E-state index < -0.39 is 5.60 Å². The maximum atomic E-state index is 12.2. The summed E-state index contributed by atoms with van der Waals surface area (Å²) in [5.41, 5.74) is 0.361. The van der Waals surface area contributed by atoms with Crippen molar-refractivity contribution in [2.45, 2.75) is 37.8 Å². The molecule has 7 heteroatoms. The van der Waals surface area contributed by atoms with Gasteiger partial charge in [-0.15, -0.1) is 11.8 Å². The van der Waals surface area contributed by atoms with Crippen LogP contribution in [0.1, 0.15) is 31.7 Å². The number of esters is 1. The molecule has 1 aliphatic heterocycles. The van der Waals surface area contributed by atoms with Crippen molar-refractivity contribution < 1.29 is 24.1 Å². The number of thioether (sulfide) groups is 1. The van der Waals surface area contributed by atoms with Crippen LogP contribution in [0.3, 0.4) is 0 Å². The Kier molecular flexibility index (Phi) is 5.31. The van der Waals surface area contributed by atoms with E-state index in [2.05, 4.69) is 5.32 Å². The molecule has 0 radical (unpaired) electrons. The summed E-state index contributed by atoms with van der Waals surface area (Å²) < 4.78 is 15.7. The zero-order valence-electron chi connectivity index (χ0n) is 14.0. The van der Waals surface area contributed by atoms with Gasteiger partial charge in [0.25, 0.3) is 0 Å². The minimum atomic E-state index is -0.507. The van der Waals surface area contributed by atoms with Crippen molar-refractivity contribution in [1.82, 2.24) is 5.32 Å². The fraction of sp³-hybridized carbons (Fsp3) is 0.562. The maximum absolute atomic E-state index is 12.2. The molecule has 1 aromatic rings. The molecule has 6 nitrogen and oxygen atoms in total. The Bertz CT molecular complexity index is 559. The smallest absolute Gasteiger partial charge is 0.324 e. The summed E-state index contributed by atoms with van der Waals surface area (Å²) in [5, 5.41) is 13.1. The number of methoxy groups -OCH3 is 2. The van der Waals surface area contributed by atoms with Crippen LogP contribution in [0, 0.1) is 0 Å². The molecule has 2 rings (SSSR count). The molecule has 0 amide bonds. The van der Waals surface area contributed by atoms with Gasteiger partial charge in [0.05, 0.1) is 19.6 Å². The van der Waals surface area contributed by atoms with Gasteiger partial charge in [-0.25, -0.2) is 0 Å². The Labute approximate surface area is 140 Å². The Morgan fingerprint density at radius 2 is 1.83 bits per heavy atom. The Balaban J connectivity index is 2.14. The fourth-order valence-electron chi connectivity index (χ4n) is 2.24. The maximum Gasteiger partial charge on any atom is 0.324 e. The second-order valence-electron chi connectivity index (χ2n) is 6.24. The Morgan fingerprint density at radius 1 is 1.26 bits per heavy atom. The molecule has 0 bridgehead atoms. The van der Waals surface area contributed by atoms with Crippen LogP contribution in [-0.2, 0) is 9.53 Å². The number of phenolic OH excluding ortho intramolecular Hbond substituents is 1. The molecule has 0 aromatic heterocycles. The number of phenols is 1. The zero-order valence-corrected chi connectivity index (χ0v) is 14.8. The average molecular weight is 341 g/mol. The standard InChI is InChI=1S/C16H23NO5S/c1-16(2,3)22-15(19)10-8-23-14(17-10)9-6-11(20-4)13(18)12(7-9)21-5/h6-7,10,14,17-18H,8H2,1-5H3/t10-,14?/m0/s1. The highest BCUT2D eigenvalue weighted by Crippen LogP contribution is 2.42. The van der Waals surface area contributed by atoms with E-state index >= 15 is 0 Å².